The maximum atomic E-state index is 6.20. The summed E-state index contributed by atoms with van der Waals surface area (Å²) in [5, 5.41) is 7.52. The second-order valence-electron chi connectivity index (χ2n) is 6.87. The summed E-state index contributed by atoms with van der Waals surface area (Å²) >= 11 is 6.20. The van der Waals surface area contributed by atoms with Crippen LogP contribution in [0.2, 0.25) is 5.02 Å². The number of aryl methyl sites for hydroxylation is 1. The van der Waals surface area contributed by atoms with Crippen molar-refractivity contribution in [1.82, 2.24) is 10.6 Å². The standard InChI is InChI=1S/C21H34ClN3O2.HI/c1-2-23-21(24-12-5-8-19-7-3-4-9-20(19)22)25-13-6-14-27-17-18-10-15-26-16-11-18;/h3-4,7,9,18H,2,5-6,8,10-17H2,1H3,(H2,23,24,25);1H. The predicted octanol–water partition coefficient (Wildman–Crippen LogP) is 4.28. The fourth-order valence-electron chi connectivity index (χ4n) is 3.05. The Morgan fingerprint density at radius 1 is 1.21 bits per heavy atom. The fourth-order valence-corrected chi connectivity index (χ4v) is 3.28. The summed E-state index contributed by atoms with van der Waals surface area (Å²) in [6.45, 7) is 8.00. The van der Waals surface area contributed by atoms with Crippen LogP contribution in [-0.2, 0) is 15.9 Å². The Bertz CT molecular complexity index is 554. The smallest absolute Gasteiger partial charge is 0.191 e. The van der Waals surface area contributed by atoms with Crippen molar-refractivity contribution in [2.75, 3.05) is 46.1 Å². The summed E-state index contributed by atoms with van der Waals surface area (Å²) in [5.41, 5.74) is 1.19. The monoisotopic (exact) mass is 523 g/mol. The van der Waals surface area contributed by atoms with Gasteiger partial charge in [-0.2, -0.15) is 0 Å². The average molecular weight is 524 g/mol. The Hall–Kier alpha value is -0.570. The quantitative estimate of drug-likeness (QED) is 0.197. The molecule has 0 aliphatic carbocycles. The van der Waals surface area contributed by atoms with Gasteiger partial charge >= 0.3 is 0 Å². The van der Waals surface area contributed by atoms with E-state index >= 15 is 0 Å². The zero-order chi connectivity index (χ0) is 19.2. The van der Waals surface area contributed by atoms with E-state index < -0.39 is 0 Å². The molecule has 28 heavy (non-hydrogen) atoms. The highest BCUT2D eigenvalue weighted by atomic mass is 127. The molecule has 1 saturated heterocycles. The van der Waals surface area contributed by atoms with Crippen molar-refractivity contribution in [2.45, 2.75) is 39.0 Å². The molecule has 0 atom stereocenters. The second-order valence-corrected chi connectivity index (χ2v) is 7.27. The molecule has 1 aromatic carbocycles. The number of halogens is 2. The van der Waals surface area contributed by atoms with E-state index in [2.05, 4.69) is 28.6 Å². The van der Waals surface area contributed by atoms with Gasteiger partial charge in [0.2, 0.25) is 0 Å². The average Bonchev–Trinajstić information content (AvgIpc) is 2.69. The second kappa shape index (κ2) is 16.3. The third-order valence-corrected chi connectivity index (χ3v) is 5.00. The van der Waals surface area contributed by atoms with Crippen molar-refractivity contribution in [3.05, 3.63) is 34.9 Å². The van der Waals surface area contributed by atoms with Gasteiger partial charge < -0.3 is 20.1 Å². The lowest BCUT2D eigenvalue weighted by atomic mass is 10.0. The molecule has 160 valence electrons. The molecule has 7 heteroatoms. The highest BCUT2D eigenvalue weighted by Gasteiger charge is 2.13. The number of ether oxygens (including phenoxy) is 2. The maximum absolute atomic E-state index is 6.20. The minimum Gasteiger partial charge on any atom is -0.381 e. The Labute approximate surface area is 192 Å². The Morgan fingerprint density at radius 2 is 2.00 bits per heavy atom. The van der Waals surface area contributed by atoms with Crippen molar-refractivity contribution in [3.8, 4) is 0 Å². The molecule has 0 aromatic heterocycles. The molecule has 0 saturated carbocycles. The number of rotatable bonds is 11. The van der Waals surface area contributed by atoms with Crippen LogP contribution in [-0.4, -0.2) is 52.0 Å². The number of benzene rings is 1. The van der Waals surface area contributed by atoms with Crippen molar-refractivity contribution in [2.24, 2.45) is 10.9 Å². The van der Waals surface area contributed by atoms with E-state index in [-0.39, 0.29) is 24.0 Å². The molecule has 0 spiro atoms. The number of nitrogens with one attached hydrogen (secondary N) is 2. The van der Waals surface area contributed by atoms with Crippen LogP contribution in [0.25, 0.3) is 0 Å². The number of nitrogens with zero attached hydrogens (tertiary/aromatic N) is 1. The Balaban J connectivity index is 0.00000392. The van der Waals surface area contributed by atoms with Gasteiger partial charge in [0.1, 0.15) is 0 Å². The molecule has 1 fully saturated rings. The van der Waals surface area contributed by atoms with Gasteiger partial charge in [0.05, 0.1) is 0 Å². The Morgan fingerprint density at radius 3 is 2.75 bits per heavy atom. The molecule has 0 bridgehead atoms. The number of hydrogen-bond donors (Lipinski definition) is 2. The lowest BCUT2D eigenvalue weighted by molar-refractivity contribution is 0.0203. The first-order chi connectivity index (χ1) is 13.3. The van der Waals surface area contributed by atoms with E-state index in [1.165, 1.54) is 5.56 Å². The minimum absolute atomic E-state index is 0. The van der Waals surface area contributed by atoms with Crippen molar-refractivity contribution < 1.29 is 9.47 Å². The molecular weight excluding hydrogens is 489 g/mol. The third-order valence-electron chi connectivity index (χ3n) is 4.63. The molecule has 0 amide bonds. The van der Waals surface area contributed by atoms with E-state index in [9.17, 15) is 0 Å². The van der Waals surface area contributed by atoms with Crippen LogP contribution in [0, 0.1) is 5.92 Å². The normalized spacial score (nSPS) is 15.1. The molecule has 1 aliphatic rings. The van der Waals surface area contributed by atoms with Gasteiger partial charge in [0.15, 0.2) is 5.96 Å². The first-order valence-corrected chi connectivity index (χ1v) is 10.6. The third kappa shape index (κ3) is 10.8. The van der Waals surface area contributed by atoms with Crippen LogP contribution in [0.4, 0.5) is 0 Å². The molecule has 1 aliphatic heterocycles. The van der Waals surface area contributed by atoms with Crippen LogP contribution >= 0.6 is 35.6 Å². The van der Waals surface area contributed by atoms with Gasteiger partial charge in [-0.3, -0.25) is 4.99 Å². The first kappa shape index (κ1) is 25.5. The first-order valence-electron chi connectivity index (χ1n) is 10.2. The molecule has 0 radical (unpaired) electrons. The molecule has 2 N–H and O–H groups in total. The number of hydrogen-bond acceptors (Lipinski definition) is 3. The van der Waals surface area contributed by atoms with Gasteiger partial charge in [0, 0.05) is 51.1 Å². The summed E-state index contributed by atoms with van der Waals surface area (Å²) in [4.78, 5) is 4.65. The topological polar surface area (TPSA) is 54.9 Å². The maximum Gasteiger partial charge on any atom is 0.191 e. The van der Waals surface area contributed by atoms with Gasteiger partial charge in [0.25, 0.3) is 0 Å². The fraction of sp³-hybridized carbons (Fsp3) is 0.667. The zero-order valence-electron chi connectivity index (χ0n) is 16.9. The van der Waals surface area contributed by atoms with Crippen LogP contribution in [0.5, 0.6) is 0 Å². The van der Waals surface area contributed by atoms with E-state index in [0.29, 0.717) is 5.92 Å². The highest BCUT2D eigenvalue weighted by Crippen LogP contribution is 2.16. The van der Waals surface area contributed by atoms with Gasteiger partial charge in [-0.05, 0) is 56.6 Å². The molecule has 5 nitrogen and oxygen atoms in total. The predicted molar refractivity (Wildman–Crippen MR) is 128 cm³/mol. The van der Waals surface area contributed by atoms with Crippen molar-refractivity contribution >= 4 is 41.5 Å². The number of guanidine groups is 1. The van der Waals surface area contributed by atoms with Crippen LogP contribution < -0.4 is 10.6 Å². The Kier molecular flexibility index (Phi) is 14.8. The van der Waals surface area contributed by atoms with E-state index in [0.717, 1.165) is 89.1 Å². The molecular formula is C21H35ClIN3O2. The minimum atomic E-state index is 0. The van der Waals surface area contributed by atoms with Gasteiger partial charge in [-0.1, -0.05) is 29.8 Å². The van der Waals surface area contributed by atoms with E-state index in [1.807, 2.05) is 18.2 Å². The lowest BCUT2D eigenvalue weighted by Crippen LogP contribution is -2.38. The van der Waals surface area contributed by atoms with Gasteiger partial charge in [-0.15, -0.1) is 24.0 Å². The summed E-state index contributed by atoms with van der Waals surface area (Å²) in [6.07, 6.45) is 5.16. The van der Waals surface area contributed by atoms with Crippen LogP contribution in [0.1, 0.15) is 38.2 Å². The molecule has 1 aromatic rings. The largest absolute Gasteiger partial charge is 0.381 e. The van der Waals surface area contributed by atoms with E-state index in [1.54, 1.807) is 0 Å². The zero-order valence-corrected chi connectivity index (χ0v) is 20.0. The molecule has 1 heterocycles. The molecule has 0 unspecified atom stereocenters. The van der Waals surface area contributed by atoms with Crippen molar-refractivity contribution in [3.63, 3.8) is 0 Å². The summed E-state index contributed by atoms with van der Waals surface area (Å²) in [6, 6.07) is 8.01. The van der Waals surface area contributed by atoms with Crippen LogP contribution in [0.15, 0.2) is 29.3 Å². The van der Waals surface area contributed by atoms with Crippen LogP contribution in [0.3, 0.4) is 0 Å². The lowest BCUT2D eigenvalue weighted by Gasteiger charge is -2.21. The summed E-state index contributed by atoms with van der Waals surface area (Å²) in [5.74, 6) is 1.55. The van der Waals surface area contributed by atoms with E-state index in [4.69, 9.17) is 21.1 Å². The SMILES string of the molecule is CCNC(=NCCCc1ccccc1Cl)NCCCOCC1CCOCC1.I. The summed E-state index contributed by atoms with van der Waals surface area (Å²) < 4.78 is 11.2. The summed E-state index contributed by atoms with van der Waals surface area (Å²) in [7, 11) is 0. The molecule has 2 rings (SSSR count). The number of aliphatic imine (C=N–C) groups is 1. The van der Waals surface area contributed by atoms with Gasteiger partial charge in [-0.25, -0.2) is 0 Å². The highest BCUT2D eigenvalue weighted by molar-refractivity contribution is 14.0. The van der Waals surface area contributed by atoms with Crippen molar-refractivity contribution in [1.29, 1.82) is 0 Å².